The topological polar surface area (TPSA) is 4.93 Å². The number of para-hydroxylation sites is 1. The lowest BCUT2D eigenvalue weighted by atomic mass is 9.68. The molecule has 1 unspecified atom stereocenters. The summed E-state index contributed by atoms with van der Waals surface area (Å²) in [6, 6.07) is 75.5. The second kappa shape index (κ2) is 13.0. The molecule has 9 aromatic carbocycles. The van der Waals surface area contributed by atoms with Gasteiger partial charge in [-0.1, -0.05) is 207 Å². The molecule has 14 rings (SSSR count). The van der Waals surface area contributed by atoms with Crippen molar-refractivity contribution in [1.29, 1.82) is 0 Å². The molecule has 0 fully saturated rings. The third kappa shape index (κ3) is 4.38. The van der Waals surface area contributed by atoms with Gasteiger partial charge in [-0.3, -0.25) is 0 Å². The van der Waals surface area contributed by atoms with Crippen molar-refractivity contribution in [1.82, 2.24) is 4.57 Å². The molecule has 1 aromatic heterocycles. The molecule has 1 nitrogen and oxygen atoms in total. The molecule has 0 saturated heterocycles. The number of allylic oxidation sites excluding steroid dienone is 5. The van der Waals surface area contributed by atoms with Gasteiger partial charge in [-0.05, 0) is 120 Å². The monoisotopic (exact) mass is 811 g/mol. The molecule has 0 amide bonds. The van der Waals surface area contributed by atoms with Crippen molar-refractivity contribution in [2.75, 3.05) is 0 Å². The number of fused-ring (bicyclic) bond motifs is 20. The number of nitrogens with zero attached hydrogens (tertiary/aromatic N) is 1. The molecule has 0 N–H and O–H groups in total. The van der Waals surface area contributed by atoms with Crippen LogP contribution >= 0.6 is 0 Å². The summed E-state index contributed by atoms with van der Waals surface area (Å²) in [5.74, 6) is 0. The number of hydrogen-bond acceptors (Lipinski definition) is 0. The highest BCUT2D eigenvalue weighted by atomic mass is 15.0. The van der Waals surface area contributed by atoms with Gasteiger partial charge in [0.15, 0.2) is 0 Å². The van der Waals surface area contributed by atoms with Crippen molar-refractivity contribution in [2.45, 2.75) is 17.3 Å². The van der Waals surface area contributed by atoms with Gasteiger partial charge in [-0.2, -0.15) is 0 Å². The first-order chi connectivity index (χ1) is 31.7. The van der Waals surface area contributed by atoms with E-state index >= 15 is 0 Å². The van der Waals surface area contributed by atoms with Gasteiger partial charge in [0, 0.05) is 16.3 Å². The van der Waals surface area contributed by atoms with E-state index in [0.717, 1.165) is 12.0 Å². The molecule has 1 heterocycles. The SMILES string of the molecule is C=C1/C=C\C=C/CC2(c3ccccc31)c1ccccc1-c1c(-c3ccc4c(c3)c3ccccc3n4-c3cccc4c3-c3ccccc3C43c4ccccc4-c4ccccc43)cccc12. The highest BCUT2D eigenvalue weighted by molar-refractivity contribution is 6.12. The van der Waals surface area contributed by atoms with Crippen molar-refractivity contribution < 1.29 is 0 Å². The van der Waals surface area contributed by atoms with Gasteiger partial charge in [0.05, 0.1) is 27.6 Å². The molecule has 0 saturated carbocycles. The van der Waals surface area contributed by atoms with Gasteiger partial charge in [0.1, 0.15) is 0 Å². The molecule has 1 heteroatoms. The molecule has 0 radical (unpaired) electrons. The van der Waals surface area contributed by atoms with Gasteiger partial charge >= 0.3 is 0 Å². The predicted octanol–water partition coefficient (Wildman–Crippen LogP) is 15.6. The Morgan fingerprint density at radius 2 is 0.922 bits per heavy atom. The summed E-state index contributed by atoms with van der Waals surface area (Å²) in [7, 11) is 0. The Morgan fingerprint density at radius 3 is 1.67 bits per heavy atom. The molecule has 0 bridgehead atoms. The second-order valence-corrected chi connectivity index (χ2v) is 17.9. The van der Waals surface area contributed by atoms with Crippen LogP contribution in [0.1, 0.15) is 50.9 Å². The lowest BCUT2D eigenvalue weighted by molar-refractivity contribution is 0.643. The van der Waals surface area contributed by atoms with Crippen LogP contribution in [0.3, 0.4) is 0 Å². The smallest absolute Gasteiger partial charge is 0.0726 e. The van der Waals surface area contributed by atoms with E-state index in [1.54, 1.807) is 0 Å². The summed E-state index contributed by atoms with van der Waals surface area (Å²) >= 11 is 0. The van der Waals surface area contributed by atoms with Gasteiger partial charge < -0.3 is 4.57 Å². The third-order valence-electron chi connectivity index (χ3n) is 15.1. The molecule has 2 spiro atoms. The Bertz CT molecular complexity index is 3690. The summed E-state index contributed by atoms with van der Waals surface area (Å²) in [5, 5.41) is 2.50. The van der Waals surface area contributed by atoms with Crippen LogP contribution in [0, 0.1) is 0 Å². The zero-order valence-electron chi connectivity index (χ0n) is 35.2. The average Bonchev–Trinajstić information content (AvgIpc) is 4.06. The zero-order valence-corrected chi connectivity index (χ0v) is 35.2. The molecule has 64 heavy (non-hydrogen) atoms. The highest BCUT2D eigenvalue weighted by Crippen LogP contribution is 2.64. The van der Waals surface area contributed by atoms with Crippen molar-refractivity contribution >= 4 is 27.4 Å². The predicted molar refractivity (Wildman–Crippen MR) is 266 cm³/mol. The zero-order chi connectivity index (χ0) is 42.1. The molecule has 4 aliphatic carbocycles. The summed E-state index contributed by atoms with van der Waals surface area (Å²) in [6.45, 7) is 4.55. The van der Waals surface area contributed by atoms with Crippen LogP contribution in [0.25, 0.3) is 77.6 Å². The summed E-state index contributed by atoms with van der Waals surface area (Å²) in [6.07, 6.45) is 9.67. The Kier molecular flexibility index (Phi) is 7.24. The Morgan fingerprint density at radius 1 is 0.391 bits per heavy atom. The first kappa shape index (κ1) is 35.6. The minimum atomic E-state index is -0.405. The number of hydrogen-bond donors (Lipinski definition) is 0. The van der Waals surface area contributed by atoms with Crippen molar-refractivity contribution in [3.8, 4) is 50.2 Å². The third-order valence-corrected chi connectivity index (χ3v) is 15.1. The number of rotatable bonds is 2. The van der Waals surface area contributed by atoms with Crippen LogP contribution in [0.2, 0.25) is 0 Å². The molecular weight excluding hydrogens is 771 g/mol. The molecule has 0 aliphatic heterocycles. The van der Waals surface area contributed by atoms with Crippen LogP contribution in [0.4, 0.5) is 0 Å². The van der Waals surface area contributed by atoms with E-state index in [-0.39, 0.29) is 5.41 Å². The van der Waals surface area contributed by atoms with Gasteiger partial charge in [0.2, 0.25) is 0 Å². The normalized spacial score (nSPS) is 17.8. The van der Waals surface area contributed by atoms with Gasteiger partial charge in [-0.25, -0.2) is 0 Å². The molecule has 1 atom stereocenters. The van der Waals surface area contributed by atoms with Gasteiger partial charge in [0.25, 0.3) is 0 Å². The first-order valence-corrected chi connectivity index (χ1v) is 22.5. The minimum Gasteiger partial charge on any atom is -0.309 e. The van der Waals surface area contributed by atoms with Crippen molar-refractivity contribution in [3.05, 3.63) is 276 Å². The van der Waals surface area contributed by atoms with E-state index in [4.69, 9.17) is 0 Å². The molecular formula is C63H41N. The quantitative estimate of drug-likeness (QED) is 0.164. The van der Waals surface area contributed by atoms with Crippen LogP contribution in [0.15, 0.2) is 231 Å². The fourth-order valence-electron chi connectivity index (χ4n) is 12.7. The maximum atomic E-state index is 4.55. The Labute approximate surface area is 373 Å². The van der Waals surface area contributed by atoms with Crippen LogP contribution in [-0.2, 0) is 10.8 Å². The van der Waals surface area contributed by atoms with Crippen LogP contribution in [0.5, 0.6) is 0 Å². The van der Waals surface area contributed by atoms with E-state index in [1.165, 1.54) is 117 Å². The lowest BCUT2D eigenvalue weighted by Crippen LogP contribution is -2.27. The first-order valence-electron chi connectivity index (χ1n) is 22.5. The van der Waals surface area contributed by atoms with Gasteiger partial charge in [-0.15, -0.1) is 0 Å². The maximum absolute atomic E-state index is 4.55. The van der Waals surface area contributed by atoms with E-state index in [2.05, 4.69) is 236 Å². The Hall–Kier alpha value is -8.00. The van der Waals surface area contributed by atoms with E-state index in [9.17, 15) is 0 Å². The largest absolute Gasteiger partial charge is 0.309 e. The lowest BCUT2D eigenvalue weighted by Gasteiger charge is -2.34. The average molecular weight is 812 g/mol. The minimum absolute atomic E-state index is 0.369. The van der Waals surface area contributed by atoms with E-state index in [0.29, 0.717) is 0 Å². The van der Waals surface area contributed by atoms with E-state index < -0.39 is 5.41 Å². The summed E-state index contributed by atoms with van der Waals surface area (Å²) in [5.41, 5.74) is 24.9. The summed E-state index contributed by atoms with van der Waals surface area (Å²) in [4.78, 5) is 0. The Balaban J connectivity index is 1.01. The van der Waals surface area contributed by atoms with Crippen LogP contribution in [-0.4, -0.2) is 4.57 Å². The molecule has 4 aliphatic rings. The summed E-state index contributed by atoms with van der Waals surface area (Å²) < 4.78 is 2.54. The van der Waals surface area contributed by atoms with Crippen molar-refractivity contribution in [2.24, 2.45) is 0 Å². The fourth-order valence-corrected chi connectivity index (χ4v) is 12.7. The fraction of sp³-hybridized carbons (Fsp3) is 0.0476. The number of aromatic nitrogens is 1. The second-order valence-electron chi connectivity index (χ2n) is 17.9. The van der Waals surface area contributed by atoms with E-state index in [1.807, 2.05) is 0 Å². The molecule has 298 valence electrons. The van der Waals surface area contributed by atoms with Crippen LogP contribution < -0.4 is 0 Å². The molecule has 10 aromatic rings. The maximum Gasteiger partial charge on any atom is 0.0726 e. The van der Waals surface area contributed by atoms with Crippen molar-refractivity contribution in [3.63, 3.8) is 0 Å². The highest BCUT2D eigenvalue weighted by Gasteiger charge is 2.52. The standard InChI is InChI=1S/C63H41N/c1-40-19-3-2-16-38-62(50-27-10-4-20-42(40)50)51-28-11-7-24-47(51)60-43(26-17-32-55(60)62)41-36-37-58-49(39-41)46-23-9-15-34-57(46)64(58)59-35-18-33-56-61(59)48-25-8-14-31-54(48)63(56)52-29-12-5-21-44(52)45-22-6-13-30-53(45)63/h2-37,39H,1,38H2/b16-2-,19-3-. The number of benzene rings is 9.